The third-order valence-corrected chi connectivity index (χ3v) is 3.89. The van der Waals surface area contributed by atoms with Crippen molar-refractivity contribution in [2.24, 2.45) is 0 Å². The first kappa shape index (κ1) is 21.4. The van der Waals surface area contributed by atoms with Gasteiger partial charge in [0.2, 0.25) is 6.33 Å². The average molecular weight is 417 g/mol. The first-order chi connectivity index (χ1) is 12.8. The monoisotopic (exact) mass is 416 g/mol. The maximum Gasteiger partial charge on any atom is 0.490 e. The number of benzene rings is 1. The minimum absolute atomic E-state index is 0. The van der Waals surface area contributed by atoms with Crippen LogP contribution in [0.4, 0.5) is 24.8 Å². The predicted octanol–water partition coefficient (Wildman–Crippen LogP) is 4.07. The molecule has 0 aliphatic rings. The summed E-state index contributed by atoms with van der Waals surface area (Å²) in [7, 11) is 0. The molecule has 0 saturated heterocycles. The lowest BCUT2D eigenvalue weighted by atomic mass is 10.1. The molecule has 0 amide bonds. The Morgan fingerprint density at radius 1 is 1.18 bits per heavy atom. The van der Waals surface area contributed by atoms with Gasteiger partial charge in [0.05, 0.1) is 17.6 Å². The first-order valence-electron chi connectivity index (χ1n) is 8.08. The summed E-state index contributed by atoms with van der Waals surface area (Å²) >= 11 is 0. The van der Waals surface area contributed by atoms with Gasteiger partial charge < -0.3 is 15.4 Å². The van der Waals surface area contributed by atoms with Crippen molar-refractivity contribution in [1.82, 2.24) is 19.7 Å². The van der Waals surface area contributed by atoms with Crippen molar-refractivity contribution in [2.75, 3.05) is 11.9 Å². The molecule has 0 fully saturated rings. The number of nitrogens with one attached hydrogen (secondary N) is 1. The van der Waals surface area contributed by atoms with Crippen LogP contribution in [-0.4, -0.2) is 31.2 Å². The van der Waals surface area contributed by atoms with Crippen molar-refractivity contribution in [3.05, 3.63) is 52.5 Å². The van der Waals surface area contributed by atoms with Gasteiger partial charge in [0.1, 0.15) is 0 Å². The predicted molar refractivity (Wildman–Crippen MR) is 98.4 cm³/mol. The molecule has 0 bridgehead atoms. The zero-order valence-corrected chi connectivity index (χ0v) is 15.2. The van der Waals surface area contributed by atoms with E-state index in [9.17, 15) is 23.3 Å². The third-order valence-electron chi connectivity index (χ3n) is 3.89. The van der Waals surface area contributed by atoms with Crippen molar-refractivity contribution in [2.45, 2.75) is 25.6 Å². The second-order valence-electron chi connectivity index (χ2n) is 5.79. The Bertz CT molecular complexity index is 963. The summed E-state index contributed by atoms with van der Waals surface area (Å²) in [5.41, 5.74) is 0.233. The summed E-state index contributed by atoms with van der Waals surface area (Å²) in [5, 5.41) is 18.0. The van der Waals surface area contributed by atoms with Crippen LogP contribution >= 0.6 is 12.4 Å². The standard InChI is InChI=1S/C16H15F3N6O2.ClH/c17-16(18,19)11-3-4-12-13(5-7-21-14(12)9-11)20-6-1-2-8-24-10-22-15(23-24)25(26)27;/h3-5,7,9-10H,1-2,6,8H2,(H,20,21);1H. The molecule has 2 heterocycles. The number of nitrogens with zero attached hydrogens (tertiary/aromatic N) is 5. The fourth-order valence-electron chi connectivity index (χ4n) is 2.58. The van der Waals surface area contributed by atoms with Crippen molar-refractivity contribution >= 4 is 34.9 Å². The molecule has 3 aromatic rings. The smallest absolute Gasteiger partial charge is 0.390 e. The summed E-state index contributed by atoms with van der Waals surface area (Å²) in [5.74, 6) is -0.436. The van der Waals surface area contributed by atoms with E-state index in [2.05, 4.69) is 20.4 Å². The molecule has 28 heavy (non-hydrogen) atoms. The van der Waals surface area contributed by atoms with Gasteiger partial charge in [-0.05, 0) is 36.0 Å². The fourth-order valence-corrected chi connectivity index (χ4v) is 2.58. The number of nitro groups is 1. The van der Waals surface area contributed by atoms with Gasteiger partial charge in [0.15, 0.2) is 0 Å². The molecule has 1 aromatic carbocycles. The Morgan fingerprint density at radius 2 is 1.96 bits per heavy atom. The topological polar surface area (TPSA) is 98.8 Å². The minimum Gasteiger partial charge on any atom is -0.390 e. The van der Waals surface area contributed by atoms with E-state index in [1.165, 1.54) is 23.3 Å². The highest BCUT2D eigenvalue weighted by molar-refractivity contribution is 5.91. The molecule has 1 N–H and O–H groups in total. The number of pyridine rings is 1. The van der Waals surface area contributed by atoms with Crippen molar-refractivity contribution in [3.8, 4) is 0 Å². The number of unbranched alkanes of at least 4 members (excludes halogenated alkanes) is 1. The Kier molecular flexibility index (Phi) is 6.73. The van der Waals surface area contributed by atoms with E-state index in [0.29, 0.717) is 30.6 Å². The number of aromatic nitrogens is 4. The Morgan fingerprint density at radius 3 is 2.64 bits per heavy atom. The van der Waals surface area contributed by atoms with Crippen molar-refractivity contribution in [3.63, 3.8) is 0 Å². The first-order valence-corrected chi connectivity index (χ1v) is 8.08. The molecule has 0 atom stereocenters. The molecule has 0 unspecified atom stereocenters. The lowest BCUT2D eigenvalue weighted by Crippen LogP contribution is -2.07. The summed E-state index contributed by atoms with van der Waals surface area (Å²) < 4.78 is 39.8. The molecule has 12 heteroatoms. The summed E-state index contributed by atoms with van der Waals surface area (Å²) in [6, 6.07) is 5.17. The van der Waals surface area contributed by atoms with Gasteiger partial charge in [0, 0.05) is 28.9 Å². The fraction of sp³-hybridized carbons (Fsp3) is 0.312. The van der Waals surface area contributed by atoms with Crippen LogP contribution in [0.3, 0.4) is 0 Å². The molecule has 0 spiro atoms. The molecule has 8 nitrogen and oxygen atoms in total. The lowest BCUT2D eigenvalue weighted by Gasteiger charge is -2.11. The van der Waals surface area contributed by atoms with Crippen LogP contribution < -0.4 is 5.32 Å². The molecule has 0 aliphatic carbocycles. The maximum absolute atomic E-state index is 12.8. The van der Waals surface area contributed by atoms with E-state index < -0.39 is 22.6 Å². The van der Waals surface area contributed by atoms with E-state index in [1.54, 1.807) is 6.07 Å². The van der Waals surface area contributed by atoms with E-state index in [-0.39, 0.29) is 17.9 Å². The van der Waals surface area contributed by atoms with Crippen LogP contribution in [0.25, 0.3) is 10.9 Å². The van der Waals surface area contributed by atoms with Crippen molar-refractivity contribution < 1.29 is 18.1 Å². The Balaban J connectivity index is 0.00000280. The number of alkyl halides is 3. The molecule has 150 valence electrons. The van der Waals surface area contributed by atoms with Crippen LogP contribution in [-0.2, 0) is 12.7 Å². The van der Waals surface area contributed by atoms with Crippen LogP contribution in [0.5, 0.6) is 0 Å². The van der Waals surface area contributed by atoms with Crippen molar-refractivity contribution in [1.29, 1.82) is 0 Å². The van der Waals surface area contributed by atoms with Gasteiger partial charge in [-0.3, -0.25) is 4.98 Å². The van der Waals surface area contributed by atoms with Crippen LogP contribution in [0.1, 0.15) is 18.4 Å². The highest BCUT2D eigenvalue weighted by Gasteiger charge is 2.30. The molecule has 3 rings (SSSR count). The van der Waals surface area contributed by atoms with Crippen LogP contribution in [0, 0.1) is 10.1 Å². The number of anilines is 1. The molecule has 2 aromatic heterocycles. The number of rotatable bonds is 7. The second kappa shape index (κ2) is 8.83. The Labute approximate surface area is 163 Å². The summed E-state index contributed by atoms with van der Waals surface area (Å²) in [6.45, 7) is 1.06. The van der Waals surface area contributed by atoms with Gasteiger partial charge in [-0.1, -0.05) is 11.1 Å². The van der Waals surface area contributed by atoms with E-state index in [4.69, 9.17) is 0 Å². The van der Waals surface area contributed by atoms with Gasteiger partial charge in [-0.25, -0.2) is 0 Å². The number of aryl methyl sites for hydroxylation is 1. The normalized spacial score (nSPS) is 11.2. The second-order valence-corrected chi connectivity index (χ2v) is 5.79. The highest BCUT2D eigenvalue weighted by atomic mass is 35.5. The van der Waals surface area contributed by atoms with Gasteiger partial charge >= 0.3 is 12.1 Å². The maximum atomic E-state index is 12.8. The molecular weight excluding hydrogens is 401 g/mol. The molecule has 0 saturated carbocycles. The van der Waals surface area contributed by atoms with Gasteiger partial charge in [0.25, 0.3) is 0 Å². The minimum atomic E-state index is -4.41. The zero-order valence-electron chi connectivity index (χ0n) is 14.4. The molecular formula is C16H16ClF3N6O2. The van der Waals surface area contributed by atoms with Gasteiger partial charge in [-0.2, -0.15) is 17.9 Å². The lowest BCUT2D eigenvalue weighted by molar-refractivity contribution is -0.394. The number of fused-ring (bicyclic) bond motifs is 1. The van der Waals surface area contributed by atoms with Gasteiger partial charge in [-0.15, -0.1) is 12.4 Å². The van der Waals surface area contributed by atoms with E-state index >= 15 is 0 Å². The number of hydrogen-bond acceptors (Lipinski definition) is 6. The SMILES string of the molecule is Cl.O=[N+]([O-])c1ncn(CCCCNc2ccnc3cc(C(F)(F)F)ccc23)n1. The number of hydrogen-bond donors (Lipinski definition) is 1. The zero-order chi connectivity index (χ0) is 19.4. The number of halogens is 4. The third kappa shape index (κ3) is 5.06. The average Bonchev–Trinajstić information content (AvgIpc) is 3.09. The Hall–Kier alpha value is -2.95. The summed E-state index contributed by atoms with van der Waals surface area (Å²) in [4.78, 5) is 17.4. The van der Waals surface area contributed by atoms with Crippen LogP contribution in [0.2, 0.25) is 0 Å². The van der Waals surface area contributed by atoms with E-state index in [0.717, 1.165) is 18.6 Å². The van der Waals surface area contributed by atoms with Crippen LogP contribution in [0.15, 0.2) is 36.8 Å². The largest absolute Gasteiger partial charge is 0.490 e. The quantitative estimate of drug-likeness (QED) is 0.354. The molecule has 0 radical (unpaired) electrons. The summed E-state index contributed by atoms with van der Waals surface area (Å²) in [6.07, 6.45) is -0.206. The molecule has 0 aliphatic heterocycles. The van der Waals surface area contributed by atoms with E-state index in [1.807, 2.05) is 0 Å². The highest BCUT2D eigenvalue weighted by Crippen LogP contribution is 2.32.